The first-order chi connectivity index (χ1) is 26.7. The summed E-state index contributed by atoms with van der Waals surface area (Å²) in [6.45, 7) is 13.0. The summed E-state index contributed by atoms with van der Waals surface area (Å²) in [5.41, 5.74) is 8.32. The second kappa shape index (κ2) is 19.4. The number of carboxylic acid groups (broad SMARTS) is 1. The number of aromatic carboxylic acids is 1. The molecule has 3 N–H and O–H groups in total. The third-order valence-corrected chi connectivity index (χ3v) is 9.08. The summed E-state index contributed by atoms with van der Waals surface area (Å²) in [7, 11) is 0. The quantitative estimate of drug-likeness (QED) is 0.0697. The molecule has 0 saturated carbocycles. The van der Waals surface area contributed by atoms with E-state index in [9.17, 15) is 29.1 Å². The molecule has 1 atom stereocenters. The number of benzene rings is 4. The number of rotatable bonds is 10. The van der Waals surface area contributed by atoms with Crippen molar-refractivity contribution in [1.82, 2.24) is 9.97 Å². The normalized spacial score (nSPS) is 11.1. The number of aryl methyl sites for hydroxylation is 2. The van der Waals surface area contributed by atoms with Crippen molar-refractivity contribution in [2.75, 3.05) is 19.8 Å². The van der Waals surface area contributed by atoms with E-state index in [4.69, 9.17) is 21.1 Å². The first-order valence-corrected chi connectivity index (χ1v) is 18.4. The van der Waals surface area contributed by atoms with E-state index in [0.717, 1.165) is 38.7 Å². The van der Waals surface area contributed by atoms with Crippen molar-refractivity contribution in [2.24, 2.45) is 0 Å². The van der Waals surface area contributed by atoms with Crippen LogP contribution in [0.3, 0.4) is 0 Å². The highest BCUT2D eigenvalue weighted by molar-refractivity contribution is 6.36. The molecule has 56 heavy (non-hydrogen) atoms. The predicted octanol–water partition coefficient (Wildman–Crippen LogP) is 9.62. The van der Waals surface area contributed by atoms with Gasteiger partial charge in [0.25, 0.3) is 0 Å². The van der Waals surface area contributed by atoms with E-state index in [-0.39, 0.29) is 30.0 Å². The van der Waals surface area contributed by atoms with E-state index in [1.54, 1.807) is 39.0 Å². The van der Waals surface area contributed by atoms with E-state index >= 15 is 0 Å². The summed E-state index contributed by atoms with van der Waals surface area (Å²) >= 11 is 6.28. The number of carboxylic acids is 1. The number of esters is 3. The molecule has 2 aromatic heterocycles. The Morgan fingerprint density at radius 2 is 1.14 bits per heavy atom. The highest BCUT2D eigenvalue weighted by atomic mass is 35.5. The van der Waals surface area contributed by atoms with Gasteiger partial charge < -0.3 is 29.3 Å². The van der Waals surface area contributed by atoms with Gasteiger partial charge in [-0.3, -0.25) is 14.4 Å². The van der Waals surface area contributed by atoms with Crippen LogP contribution in [0.4, 0.5) is 0 Å². The van der Waals surface area contributed by atoms with Crippen molar-refractivity contribution in [2.45, 2.75) is 54.4 Å². The van der Waals surface area contributed by atoms with Crippen molar-refractivity contribution in [1.29, 1.82) is 0 Å². The molecule has 0 fully saturated rings. The third kappa shape index (κ3) is 9.91. The lowest BCUT2D eigenvalue weighted by Gasteiger charge is -2.16. The number of ketones is 1. The number of nitrogens with one attached hydrogen (secondary N) is 2. The van der Waals surface area contributed by atoms with E-state index in [2.05, 4.69) is 33.8 Å². The molecule has 0 amide bonds. The fourth-order valence-corrected chi connectivity index (χ4v) is 6.46. The lowest BCUT2D eigenvalue weighted by Crippen LogP contribution is -2.22. The van der Waals surface area contributed by atoms with Gasteiger partial charge in [-0.15, -0.1) is 0 Å². The highest BCUT2D eigenvalue weighted by Crippen LogP contribution is 2.37. The van der Waals surface area contributed by atoms with Gasteiger partial charge in [0, 0.05) is 28.8 Å². The molecular formula is C44H45ClN2O9. The molecule has 4 aromatic carbocycles. The Kier molecular flexibility index (Phi) is 14.7. The molecule has 12 heteroatoms. The predicted molar refractivity (Wildman–Crippen MR) is 217 cm³/mol. The van der Waals surface area contributed by atoms with E-state index < -0.39 is 17.9 Å². The Hall–Kier alpha value is -6.20. The number of H-pyrrole nitrogens is 2. The number of carbonyl (C=O) groups excluding carboxylic acids is 4. The number of hydrogen-bond donors (Lipinski definition) is 3. The van der Waals surface area contributed by atoms with Crippen molar-refractivity contribution in [3.8, 4) is 22.3 Å². The molecule has 11 nitrogen and oxygen atoms in total. The summed E-state index contributed by atoms with van der Waals surface area (Å²) in [5, 5.41) is 11.4. The largest absolute Gasteiger partial charge is 0.477 e. The molecule has 0 bridgehead atoms. The number of hydrogen-bond acceptors (Lipinski definition) is 8. The zero-order valence-corrected chi connectivity index (χ0v) is 33.1. The Morgan fingerprint density at radius 1 is 0.643 bits per heavy atom. The van der Waals surface area contributed by atoms with Gasteiger partial charge in [-0.25, -0.2) is 9.59 Å². The zero-order valence-electron chi connectivity index (χ0n) is 32.4. The molecule has 2 heterocycles. The topological polar surface area (TPSA) is 165 Å². The van der Waals surface area contributed by atoms with Gasteiger partial charge in [-0.05, 0) is 87.6 Å². The monoisotopic (exact) mass is 780 g/mol. The SMILES string of the molecule is CCOC(=O)C(C(C)=O)c1ccc(-c2ccccc2C)c2[nH]c(C(=O)O)cc12.CCOC(=O)c1cc2c(Cl)ccc(-c3ccccc3C)c2[nH]1.CCOC(C)=O. The average Bonchev–Trinajstić information content (AvgIpc) is 3.81. The molecule has 292 valence electrons. The smallest absolute Gasteiger partial charge is 0.354 e. The third-order valence-electron chi connectivity index (χ3n) is 8.75. The standard InChI is InChI=1S/C22H21NO5.C18H16ClNO2.C4H8O2/c1-4-28-22(27)19(13(3)24)15-9-10-16(14-8-6-5-7-12(14)2)20-17(15)11-18(23-20)21(25)26;1-3-22-18(21)16-10-14-15(19)9-8-13(17(14)20-16)12-7-5-4-6-11(12)2;1-3-6-4(2)5/h5-11,19,23H,4H2,1-3H3,(H,25,26);4-10,20H,3H2,1-2H3;3H2,1-2H3. The highest BCUT2D eigenvalue weighted by Gasteiger charge is 2.30. The molecule has 6 rings (SSSR count). The summed E-state index contributed by atoms with van der Waals surface area (Å²) < 4.78 is 14.5. The molecule has 0 saturated heterocycles. The Morgan fingerprint density at radius 3 is 1.62 bits per heavy atom. The number of fused-ring (bicyclic) bond motifs is 2. The van der Waals surface area contributed by atoms with E-state index in [1.165, 1.54) is 25.5 Å². The fourth-order valence-electron chi connectivity index (χ4n) is 6.25. The number of carbonyl (C=O) groups is 5. The molecule has 0 aliphatic carbocycles. The zero-order chi connectivity index (χ0) is 41.1. The lowest BCUT2D eigenvalue weighted by molar-refractivity contribution is -0.147. The summed E-state index contributed by atoms with van der Waals surface area (Å²) in [5.74, 6) is -3.80. The molecule has 1 unspecified atom stereocenters. The number of halogens is 1. The maximum atomic E-state index is 12.4. The van der Waals surface area contributed by atoms with Crippen LogP contribution in [-0.4, -0.2) is 64.6 Å². The van der Waals surface area contributed by atoms with Crippen LogP contribution >= 0.6 is 11.6 Å². The van der Waals surface area contributed by atoms with Gasteiger partial charge in [0.05, 0.1) is 35.9 Å². The van der Waals surface area contributed by atoms with Gasteiger partial charge >= 0.3 is 23.9 Å². The number of aromatic nitrogens is 2. The first kappa shape index (κ1) is 42.5. The molecule has 0 radical (unpaired) electrons. The fraction of sp³-hybridized carbons (Fsp3) is 0.250. The average molecular weight is 781 g/mol. The molecule has 6 aromatic rings. The van der Waals surface area contributed by atoms with Gasteiger partial charge in [-0.1, -0.05) is 78.3 Å². The minimum atomic E-state index is -1.12. The minimum absolute atomic E-state index is 0.0107. The van der Waals surface area contributed by atoms with E-state index in [0.29, 0.717) is 40.4 Å². The minimum Gasteiger partial charge on any atom is -0.477 e. The van der Waals surface area contributed by atoms with Crippen LogP contribution in [0.5, 0.6) is 0 Å². The van der Waals surface area contributed by atoms with Crippen LogP contribution in [0.1, 0.15) is 78.2 Å². The second-order valence-corrected chi connectivity index (χ2v) is 13.0. The summed E-state index contributed by atoms with van der Waals surface area (Å²) in [4.78, 5) is 64.0. The van der Waals surface area contributed by atoms with Crippen molar-refractivity contribution in [3.63, 3.8) is 0 Å². The number of aromatic amines is 2. The number of Topliss-reactive ketones (excluding diaryl/α,β-unsaturated/α-hetero) is 1. The van der Waals surface area contributed by atoms with Crippen LogP contribution in [0, 0.1) is 13.8 Å². The molecule has 0 aliphatic rings. The van der Waals surface area contributed by atoms with E-state index in [1.807, 2.05) is 55.5 Å². The van der Waals surface area contributed by atoms with Gasteiger partial charge in [-0.2, -0.15) is 0 Å². The van der Waals surface area contributed by atoms with Crippen LogP contribution in [0.15, 0.2) is 84.9 Å². The Bertz CT molecular complexity index is 2390. The summed E-state index contributed by atoms with van der Waals surface area (Å²) in [6.07, 6.45) is 0. The van der Waals surface area contributed by atoms with Crippen molar-refractivity contribution in [3.05, 3.63) is 118 Å². The second-order valence-electron chi connectivity index (χ2n) is 12.6. The molecule has 0 aliphatic heterocycles. The van der Waals surface area contributed by atoms with Crippen LogP contribution in [-0.2, 0) is 28.6 Å². The van der Waals surface area contributed by atoms with Gasteiger partial charge in [0.1, 0.15) is 23.1 Å². The molecule has 0 spiro atoms. The van der Waals surface area contributed by atoms with Crippen molar-refractivity contribution >= 4 is 63.1 Å². The summed E-state index contributed by atoms with van der Waals surface area (Å²) in [6, 6.07) is 26.4. The Labute approximate surface area is 329 Å². The lowest BCUT2D eigenvalue weighted by atomic mass is 9.89. The maximum absolute atomic E-state index is 12.4. The Balaban J connectivity index is 0.000000222. The van der Waals surface area contributed by atoms with Crippen molar-refractivity contribution < 1.29 is 43.3 Å². The van der Waals surface area contributed by atoms with Crippen LogP contribution < -0.4 is 0 Å². The first-order valence-electron chi connectivity index (χ1n) is 18.0. The van der Waals surface area contributed by atoms with Gasteiger partial charge in [0.2, 0.25) is 0 Å². The van der Waals surface area contributed by atoms with Crippen LogP contribution in [0.2, 0.25) is 5.02 Å². The molecular weight excluding hydrogens is 736 g/mol. The van der Waals surface area contributed by atoms with Crippen LogP contribution in [0.25, 0.3) is 44.1 Å². The number of ether oxygens (including phenoxy) is 3. The van der Waals surface area contributed by atoms with Gasteiger partial charge in [0.15, 0.2) is 0 Å². The maximum Gasteiger partial charge on any atom is 0.354 e.